The van der Waals surface area contributed by atoms with Crippen molar-refractivity contribution in [3.63, 3.8) is 0 Å². The summed E-state index contributed by atoms with van der Waals surface area (Å²) >= 11 is 0. The van der Waals surface area contributed by atoms with Crippen molar-refractivity contribution in [1.82, 2.24) is 10.3 Å². The first-order valence-electron chi connectivity index (χ1n) is 6.67. The second-order valence-corrected chi connectivity index (χ2v) is 4.88. The number of hydrogen-bond acceptors (Lipinski definition) is 3. The fourth-order valence-electron chi connectivity index (χ4n) is 2.71. The van der Waals surface area contributed by atoms with Crippen LogP contribution >= 0.6 is 0 Å². The molecule has 3 heteroatoms. The number of para-hydroxylation sites is 1. The van der Waals surface area contributed by atoms with Gasteiger partial charge in [0.1, 0.15) is 5.75 Å². The molecule has 0 aliphatic carbocycles. The summed E-state index contributed by atoms with van der Waals surface area (Å²) in [6.07, 6.45) is 2.76. The maximum absolute atomic E-state index is 5.77. The number of fused-ring (bicyclic) bond motifs is 1. The van der Waals surface area contributed by atoms with Crippen LogP contribution in [0.5, 0.6) is 5.75 Å². The molecule has 3 rings (SSSR count). The number of likely N-dealkylation sites (N-methyl/N-ethyl adjacent to an activating group) is 1. The van der Waals surface area contributed by atoms with Gasteiger partial charge in [-0.2, -0.15) is 0 Å². The molecular formula is C16H18N2O. The minimum absolute atomic E-state index is 0.346. The first kappa shape index (κ1) is 12.2. The zero-order chi connectivity index (χ0) is 13.1. The first-order chi connectivity index (χ1) is 9.38. The van der Waals surface area contributed by atoms with E-state index in [-0.39, 0.29) is 0 Å². The minimum atomic E-state index is 0.346. The second kappa shape index (κ2) is 5.41. The molecule has 0 spiro atoms. The summed E-state index contributed by atoms with van der Waals surface area (Å²) in [4.78, 5) is 4.41. The van der Waals surface area contributed by atoms with Gasteiger partial charge in [-0.3, -0.25) is 4.98 Å². The number of nitrogens with zero attached hydrogens (tertiary/aromatic N) is 1. The van der Waals surface area contributed by atoms with E-state index in [9.17, 15) is 0 Å². The van der Waals surface area contributed by atoms with Crippen LogP contribution in [0.1, 0.15) is 17.2 Å². The summed E-state index contributed by atoms with van der Waals surface area (Å²) in [6.45, 7) is 0.748. The normalized spacial score (nSPS) is 18.7. The number of aromatic nitrogens is 1. The molecule has 1 aliphatic heterocycles. The van der Waals surface area contributed by atoms with E-state index in [2.05, 4.69) is 28.5 Å². The third kappa shape index (κ3) is 2.47. The van der Waals surface area contributed by atoms with E-state index in [1.165, 1.54) is 5.56 Å². The van der Waals surface area contributed by atoms with Crippen molar-refractivity contribution in [3.8, 4) is 5.75 Å². The van der Waals surface area contributed by atoms with Crippen LogP contribution in [0.15, 0.2) is 48.7 Å². The molecule has 1 aromatic carbocycles. The van der Waals surface area contributed by atoms with E-state index in [0.29, 0.717) is 12.0 Å². The molecule has 2 unspecified atom stereocenters. The average Bonchev–Trinajstić information content (AvgIpc) is 2.90. The van der Waals surface area contributed by atoms with Gasteiger partial charge < -0.3 is 10.1 Å². The van der Waals surface area contributed by atoms with Crippen molar-refractivity contribution in [2.24, 2.45) is 0 Å². The van der Waals surface area contributed by atoms with Gasteiger partial charge in [-0.05, 0) is 25.2 Å². The van der Waals surface area contributed by atoms with E-state index in [1.807, 2.05) is 37.5 Å². The molecule has 0 radical (unpaired) electrons. The molecule has 2 heterocycles. The minimum Gasteiger partial charge on any atom is -0.493 e. The number of ether oxygens (including phenoxy) is 1. The Hall–Kier alpha value is -1.87. The van der Waals surface area contributed by atoms with Gasteiger partial charge in [0.2, 0.25) is 0 Å². The van der Waals surface area contributed by atoms with Crippen molar-refractivity contribution >= 4 is 0 Å². The molecule has 98 valence electrons. The van der Waals surface area contributed by atoms with Crippen LogP contribution in [0.4, 0.5) is 0 Å². The van der Waals surface area contributed by atoms with Gasteiger partial charge in [0.15, 0.2) is 0 Å². The lowest BCUT2D eigenvalue weighted by Gasteiger charge is -2.22. The highest BCUT2D eigenvalue weighted by Gasteiger charge is 2.30. The number of pyridine rings is 1. The van der Waals surface area contributed by atoms with Crippen molar-refractivity contribution in [2.45, 2.75) is 18.4 Å². The topological polar surface area (TPSA) is 34.2 Å². The lowest BCUT2D eigenvalue weighted by atomic mass is 9.90. The van der Waals surface area contributed by atoms with Crippen molar-refractivity contribution < 1.29 is 4.74 Å². The maximum atomic E-state index is 5.77. The van der Waals surface area contributed by atoms with Crippen LogP contribution in [0.25, 0.3) is 0 Å². The third-order valence-corrected chi connectivity index (χ3v) is 3.75. The van der Waals surface area contributed by atoms with Crippen molar-refractivity contribution in [2.75, 3.05) is 13.7 Å². The number of hydrogen-bond donors (Lipinski definition) is 1. The average molecular weight is 254 g/mol. The molecule has 1 aliphatic rings. The standard InChI is InChI=1S/C16H18N2O/c1-17-15(10-12-6-4-5-9-18-12)14-11-19-16-8-3-2-7-13(14)16/h2-9,14-15,17H,10-11H2,1H3. The van der Waals surface area contributed by atoms with E-state index in [0.717, 1.165) is 24.5 Å². The quantitative estimate of drug-likeness (QED) is 0.909. The highest BCUT2D eigenvalue weighted by Crippen LogP contribution is 2.36. The van der Waals surface area contributed by atoms with Gasteiger partial charge in [-0.15, -0.1) is 0 Å². The van der Waals surface area contributed by atoms with Gasteiger partial charge in [-0.25, -0.2) is 0 Å². The predicted octanol–water partition coefficient (Wildman–Crippen LogP) is 2.39. The Labute approximate surface area is 113 Å². The van der Waals surface area contributed by atoms with Gasteiger partial charge in [0.25, 0.3) is 0 Å². The Morgan fingerprint density at radius 1 is 1.26 bits per heavy atom. The van der Waals surface area contributed by atoms with Gasteiger partial charge >= 0.3 is 0 Å². The Kier molecular flexibility index (Phi) is 3.47. The lowest BCUT2D eigenvalue weighted by molar-refractivity contribution is 0.301. The van der Waals surface area contributed by atoms with Crippen LogP contribution in [-0.4, -0.2) is 24.7 Å². The fraction of sp³-hybridized carbons (Fsp3) is 0.312. The monoisotopic (exact) mass is 254 g/mol. The van der Waals surface area contributed by atoms with Gasteiger partial charge in [0, 0.05) is 35.8 Å². The number of benzene rings is 1. The van der Waals surface area contributed by atoms with Crippen molar-refractivity contribution in [3.05, 3.63) is 59.9 Å². The highest BCUT2D eigenvalue weighted by atomic mass is 16.5. The molecular weight excluding hydrogens is 236 g/mol. The molecule has 3 nitrogen and oxygen atoms in total. The summed E-state index contributed by atoms with van der Waals surface area (Å²) in [5.74, 6) is 1.41. The number of rotatable bonds is 4. The third-order valence-electron chi connectivity index (χ3n) is 3.75. The molecule has 19 heavy (non-hydrogen) atoms. The Morgan fingerprint density at radius 3 is 2.89 bits per heavy atom. The van der Waals surface area contributed by atoms with Crippen LogP contribution in [0, 0.1) is 0 Å². The largest absolute Gasteiger partial charge is 0.493 e. The zero-order valence-corrected chi connectivity index (χ0v) is 11.0. The van der Waals surface area contributed by atoms with Crippen molar-refractivity contribution in [1.29, 1.82) is 0 Å². The Balaban J connectivity index is 1.81. The molecule has 0 amide bonds. The molecule has 2 atom stereocenters. The lowest BCUT2D eigenvalue weighted by Crippen LogP contribution is -2.35. The van der Waals surface area contributed by atoms with E-state index in [4.69, 9.17) is 4.74 Å². The highest BCUT2D eigenvalue weighted by molar-refractivity contribution is 5.40. The van der Waals surface area contributed by atoms with Crippen LogP contribution in [-0.2, 0) is 6.42 Å². The van der Waals surface area contributed by atoms with Crippen LogP contribution < -0.4 is 10.1 Å². The van der Waals surface area contributed by atoms with Gasteiger partial charge in [-0.1, -0.05) is 24.3 Å². The number of nitrogens with one attached hydrogen (secondary N) is 1. The van der Waals surface area contributed by atoms with Crippen LogP contribution in [0.3, 0.4) is 0 Å². The molecule has 1 N–H and O–H groups in total. The summed E-state index contributed by atoms with van der Waals surface area (Å²) in [5.41, 5.74) is 2.42. The molecule has 2 aromatic rings. The van der Waals surface area contributed by atoms with Crippen LogP contribution in [0.2, 0.25) is 0 Å². The van der Waals surface area contributed by atoms with E-state index >= 15 is 0 Å². The van der Waals surface area contributed by atoms with E-state index < -0.39 is 0 Å². The molecule has 0 bridgehead atoms. The van der Waals surface area contributed by atoms with Gasteiger partial charge in [0.05, 0.1) is 6.61 Å². The summed E-state index contributed by atoms with van der Waals surface area (Å²) in [7, 11) is 2.01. The summed E-state index contributed by atoms with van der Waals surface area (Å²) < 4.78 is 5.77. The molecule has 0 saturated heterocycles. The second-order valence-electron chi connectivity index (χ2n) is 4.88. The maximum Gasteiger partial charge on any atom is 0.122 e. The summed E-state index contributed by atoms with van der Waals surface area (Å²) in [6, 6.07) is 14.7. The zero-order valence-electron chi connectivity index (χ0n) is 11.0. The molecule has 1 aromatic heterocycles. The van der Waals surface area contributed by atoms with E-state index in [1.54, 1.807) is 0 Å². The smallest absolute Gasteiger partial charge is 0.122 e. The molecule has 0 fully saturated rings. The Bertz CT molecular complexity index is 541. The SMILES string of the molecule is CNC(Cc1ccccn1)C1COc2ccccc21. The first-order valence-corrected chi connectivity index (χ1v) is 6.67. The molecule has 0 saturated carbocycles. The predicted molar refractivity (Wildman–Crippen MR) is 75.5 cm³/mol. The Morgan fingerprint density at radius 2 is 2.11 bits per heavy atom. The summed E-state index contributed by atoms with van der Waals surface area (Å²) in [5, 5.41) is 3.41. The fourth-order valence-corrected chi connectivity index (χ4v) is 2.71.